The molecule has 2 aromatic carbocycles. The van der Waals surface area contributed by atoms with Crippen LogP contribution in [0.5, 0.6) is 0 Å². The van der Waals surface area contributed by atoms with Crippen molar-refractivity contribution in [2.24, 2.45) is 5.73 Å². The van der Waals surface area contributed by atoms with E-state index in [0.29, 0.717) is 10.6 Å². The summed E-state index contributed by atoms with van der Waals surface area (Å²) in [6, 6.07) is 15.7. The average Bonchev–Trinajstić information content (AvgIpc) is 2.46. The molecule has 0 bridgehead atoms. The van der Waals surface area contributed by atoms with Gasteiger partial charge in [0.2, 0.25) is 0 Å². The minimum absolute atomic E-state index is 0.0361. The molecule has 104 valence electrons. The van der Waals surface area contributed by atoms with Crippen LogP contribution < -0.4 is 10.6 Å². The minimum atomic E-state index is 0.0361. The van der Waals surface area contributed by atoms with Crippen LogP contribution in [0.4, 0.5) is 5.69 Å². The first-order valence-corrected chi connectivity index (χ1v) is 6.92. The standard InChI is InChI=1S/C16H18ClN3/c1-2-20(11-12-6-4-3-5-7-12)15-9-8-13(17)10-14(15)16(18)19/h3-10H,2,11H2,1H3,(H3,18,19). The van der Waals surface area contributed by atoms with Gasteiger partial charge in [-0.1, -0.05) is 41.9 Å². The molecule has 20 heavy (non-hydrogen) atoms. The first-order valence-electron chi connectivity index (χ1n) is 6.54. The van der Waals surface area contributed by atoms with E-state index in [0.717, 1.165) is 18.8 Å². The highest BCUT2D eigenvalue weighted by molar-refractivity contribution is 6.31. The Morgan fingerprint density at radius 2 is 1.90 bits per heavy atom. The molecule has 0 fully saturated rings. The van der Waals surface area contributed by atoms with Crippen molar-refractivity contribution in [3.63, 3.8) is 0 Å². The first-order chi connectivity index (χ1) is 9.61. The number of benzene rings is 2. The van der Waals surface area contributed by atoms with Crippen molar-refractivity contribution < 1.29 is 0 Å². The first kappa shape index (κ1) is 14.4. The van der Waals surface area contributed by atoms with Gasteiger partial charge in [0.1, 0.15) is 5.84 Å². The van der Waals surface area contributed by atoms with Gasteiger partial charge >= 0.3 is 0 Å². The number of rotatable bonds is 5. The highest BCUT2D eigenvalue weighted by Crippen LogP contribution is 2.25. The van der Waals surface area contributed by atoms with Gasteiger partial charge in [-0.3, -0.25) is 5.41 Å². The summed E-state index contributed by atoms with van der Waals surface area (Å²) in [6.45, 7) is 3.69. The van der Waals surface area contributed by atoms with Crippen molar-refractivity contribution in [3.8, 4) is 0 Å². The number of anilines is 1. The molecule has 0 heterocycles. The van der Waals surface area contributed by atoms with Crippen LogP contribution in [0.15, 0.2) is 48.5 Å². The van der Waals surface area contributed by atoms with E-state index in [4.69, 9.17) is 22.7 Å². The molecule has 0 spiro atoms. The summed E-state index contributed by atoms with van der Waals surface area (Å²) in [6.07, 6.45) is 0. The fraction of sp³-hybridized carbons (Fsp3) is 0.188. The summed E-state index contributed by atoms with van der Waals surface area (Å²) < 4.78 is 0. The molecular formula is C16H18ClN3. The summed E-state index contributed by atoms with van der Waals surface area (Å²) in [5.74, 6) is 0.0361. The van der Waals surface area contributed by atoms with Crippen LogP contribution in [0.3, 0.4) is 0 Å². The summed E-state index contributed by atoms with van der Waals surface area (Å²) >= 11 is 6.00. The van der Waals surface area contributed by atoms with Crippen molar-refractivity contribution >= 4 is 23.1 Å². The Balaban J connectivity index is 2.34. The third kappa shape index (κ3) is 3.31. The summed E-state index contributed by atoms with van der Waals surface area (Å²) in [5.41, 5.74) is 8.50. The lowest BCUT2D eigenvalue weighted by Crippen LogP contribution is -2.25. The number of nitrogen functional groups attached to an aromatic ring is 1. The molecule has 0 unspecified atom stereocenters. The number of hydrogen-bond donors (Lipinski definition) is 2. The maximum Gasteiger partial charge on any atom is 0.124 e. The molecular weight excluding hydrogens is 270 g/mol. The van der Waals surface area contributed by atoms with Crippen LogP contribution in [0.25, 0.3) is 0 Å². The number of halogens is 1. The SMILES string of the molecule is CCN(Cc1ccccc1)c1ccc(Cl)cc1C(=N)N. The van der Waals surface area contributed by atoms with Crippen molar-refractivity contribution in [3.05, 3.63) is 64.7 Å². The van der Waals surface area contributed by atoms with Gasteiger partial charge < -0.3 is 10.6 Å². The van der Waals surface area contributed by atoms with Crippen LogP contribution in [-0.4, -0.2) is 12.4 Å². The number of nitrogens with one attached hydrogen (secondary N) is 1. The fourth-order valence-electron chi connectivity index (χ4n) is 2.17. The van der Waals surface area contributed by atoms with Crippen molar-refractivity contribution in [1.82, 2.24) is 0 Å². The van der Waals surface area contributed by atoms with Crippen molar-refractivity contribution in [2.75, 3.05) is 11.4 Å². The maximum absolute atomic E-state index is 7.71. The molecule has 2 rings (SSSR count). The van der Waals surface area contributed by atoms with E-state index in [1.54, 1.807) is 6.07 Å². The zero-order valence-electron chi connectivity index (χ0n) is 11.4. The van der Waals surface area contributed by atoms with E-state index in [9.17, 15) is 0 Å². The lowest BCUT2D eigenvalue weighted by molar-refractivity contribution is 0.830. The molecule has 4 heteroatoms. The van der Waals surface area contributed by atoms with Gasteiger partial charge in [-0.15, -0.1) is 0 Å². The van der Waals surface area contributed by atoms with Crippen LogP contribution in [0.1, 0.15) is 18.1 Å². The predicted octanol–water partition coefficient (Wildman–Crippen LogP) is 3.65. The minimum Gasteiger partial charge on any atom is -0.384 e. The average molecular weight is 288 g/mol. The smallest absolute Gasteiger partial charge is 0.124 e. The lowest BCUT2D eigenvalue weighted by Gasteiger charge is -2.25. The van der Waals surface area contributed by atoms with Gasteiger partial charge in [-0.05, 0) is 30.7 Å². The van der Waals surface area contributed by atoms with Crippen LogP contribution in [0, 0.1) is 5.41 Å². The predicted molar refractivity (Wildman–Crippen MR) is 85.6 cm³/mol. The monoisotopic (exact) mass is 287 g/mol. The molecule has 3 N–H and O–H groups in total. The molecule has 0 aliphatic heterocycles. The van der Waals surface area contributed by atoms with E-state index >= 15 is 0 Å². The summed E-state index contributed by atoms with van der Waals surface area (Å²) in [7, 11) is 0. The molecule has 3 nitrogen and oxygen atoms in total. The van der Waals surface area contributed by atoms with Crippen molar-refractivity contribution in [2.45, 2.75) is 13.5 Å². The molecule has 0 aliphatic carbocycles. The molecule has 0 atom stereocenters. The Kier molecular flexibility index (Phi) is 4.64. The number of nitrogens with zero attached hydrogens (tertiary/aromatic N) is 1. The Labute approximate surface area is 124 Å². The van der Waals surface area contributed by atoms with E-state index in [1.165, 1.54) is 5.56 Å². The quantitative estimate of drug-likeness (QED) is 0.651. The van der Waals surface area contributed by atoms with Crippen LogP contribution >= 0.6 is 11.6 Å². The van der Waals surface area contributed by atoms with Gasteiger partial charge in [0.05, 0.1) is 0 Å². The molecule has 0 amide bonds. The maximum atomic E-state index is 7.71. The van der Waals surface area contributed by atoms with Gasteiger partial charge in [0.15, 0.2) is 0 Å². The van der Waals surface area contributed by atoms with E-state index in [1.807, 2.05) is 30.3 Å². The summed E-state index contributed by atoms with van der Waals surface area (Å²) in [5, 5.41) is 8.31. The molecule has 0 aromatic heterocycles. The highest BCUT2D eigenvalue weighted by Gasteiger charge is 2.12. The van der Waals surface area contributed by atoms with E-state index in [-0.39, 0.29) is 5.84 Å². The van der Waals surface area contributed by atoms with Gasteiger partial charge in [-0.2, -0.15) is 0 Å². The molecule has 0 saturated carbocycles. The Bertz CT molecular complexity index is 596. The largest absolute Gasteiger partial charge is 0.384 e. The highest BCUT2D eigenvalue weighted by atomic mass is 35.5. The Morgan fingerprint density at radius 3 is 2.50 bits per heavy atom. The normalized spacial score (nSPS) is 10.3. The number of hydrogen-bond acceptors (Lipinski definition) is 2. The second-order valence-corrected chi connectivity index (χ2v) is 5.01. The summed E-state index contributed by atoms with van der Waals surface area (Å²) in [4.78, 5) is 2.18. The van der Waals surface area contributed by atoms with E-state index in [2.05, 4.69) is 24.0 Å². The third-order valence-electron chi connectivity index (χ3n) is 3.19. The van der Waals surface area contributed by atoms with Gasteiger partial charge in [0, 0.05) is 29.4 Å². The van der Waals surface area contributed by atoms with Gasteiger partial charge in [-0.25, -0.2) is 0 Å². The Morgan fingerprint density at radius 1 is 1.20 bits per heavy atom. The second-order valence-electron chi connectivity index (χ2n) is 4.57. The lowest BCUT2D eigenvalue weighted by atomic mass is 10.1. The molecule has 0 aliphatic rings. The molecule has 2 aromatic rings. The van der Waals surface area contributed by atoms with Crippen LogP contribution in [0.2, 0.25) is 5.02 Å². The second kappa shape index (κ2) is 6.44. The topological polar surface area (TPSA) is 53.1 Å². The van der Waals surface area contributed by atoms with Gasteiger partial charge in [0.25, 0.3) is 0 Å². The van der Waals surface area contributed by atoms with Crippen LogP contribution in [-0.2, 0) is 6.54 Å². The number of amidine groups is 1. The zero-order chi connectivity index (χ0) is 14.5. The third-order valence-corrected chi connectivity index (χ3v) is 3.42. The Hall–Kier alpha value is -2.00. The zero-order valence-corrected chi connectivity index (χ0v) is 12.2. The molecule has 0 saturated heterocycles. The van der Waals surface area contributed by atoms with Crippen molar-refractivity contribution in [1.29, 1.82) is 5.41 Å². The number of nitrogens with two attached hydrogens (primary N) is 1. The fourth-order valence-corrected chi connectivity index (χ4v) is 2.34. The van der Waals surface area contributed by atoms with E-state index < -0.39 is 0 Å². The molecule has 0 radical (unpaired) electrons.